The van der Waals surface area contributed by atoms with Crippen molar-refractivity contribution in [1.29, 1.82) is 0 Å². The van der Waals surface area contributed by atoms with Crippen molar-refractivity contribution in [3.8, 4) is 5.69 Å². The number of aromatic nitrogens is 3. The average Bonchev–Trinajstić information content (AvgIpc) is 2.60. The number of nitrogens with zero attached hydrogens (tertiary/aromatic N) is 3. The lowest BCUT2D eigenvalue weighted by Crippen LogP contribution is -2.26. The molecule has 0 aliphatic heterocycles. The highest BCUT2D eigenvalue weighted by molar-refractivity contribution is 6.02. The van der Waals surface area contributed by atoms with E-state index in [4.69, 9.17) is 0 Å². The van der Waals surface area contributed by atoms with Crippen molar-refractivity contribution in [3.63, 3.8) is 0 Å². The summed E-state index contributed by atoms with van der Waals surface area (Å²) in [5, 5.41) is 2.52. The van der Waals surface area contributed by atoms with Gasteiger partial charge in [0.15, 0.2) is 5.82 Å². The first kappa shape index (κ1) is 15.6. The van der Waals surface area contributed by atoms with Crippen molar-refractivity contribution in [2.75, 3.05) is 5.32 Å². The molecule has 2 heterocycles. The van der Waals surface area contributed by atoms with E-state index in [2.05, 4.69) is 15.3 Å². The zero-order valence-corrected chi connectivity index (χ0v) is 13.4. The van der Waals surface area contributed by atoms with Gasteiger partial charge in [0.25, 0.3) is 11.5 Å². The van der Waals surface area contributed by atoms with Crippen LogP contribution in [0.15, 0.2) is 59.8 Å². The molecule has 0 aliphatic carbocycles. The normalized spacial score (nSPS) is 10.4. The summed E-state index contributed by atoms with van der Waals surface area (Å²) < 4.78 is 1.45. The second-order valence-electron chi connectivity index (χ2n) is 5.39. The molecule has 0 radical (unpaired) electrons. The Morgan fingerprint density at radius 1 is 1.04 bits per heavy atom. The van der Waals surface area contributed by atoms with Gasteiger partial charge < -0.3 is 5.32 Å². The Kier molecular flexibility index (Phi) is 4.20. The molecule has 0 aliphatic rings. The maximum absolute atomic E-state index is 12.6. The van der Waals surface area contributed by atoms with Crippen LogP contribution < -0.4 is 10.9 Å². The third-order valence-electron chi connectivity index (χ3n) is 3.74. The SMILES string of the molecule is Cc1ccc(-n2ccnc(NC(=O)c3ccccn3)c2=O)cc1C. The number of pyridine rings is 1. The summed E-state index contributed by atoms with van der Waals surface area (Å²) >= 11 is 0. The van der Waals surface area contributed by atoms with Gasteiger partial charge in [0.1, 0.15) is 5.69 Å². The molecule has 0 atom stereocenters. The Morgan fingerprint density at radius 2 is 1.88 bits per heavy atom. The molecule has 0 unspecified atom stereocenters. The van der Waals surface area contributed by atoms with Gasteiger partial charge in [-0.05, 0) is 49.2 Å². The molecule has 6 heteroatoms. The highest BCUT2D eigenvalue weighted by atomic mass is 16.2. The van der Waals surface area contributed by atoms with Crippen LogP contribution in [0.4, 0.5) is 5.82 Å². The van der Waals surface area contributed by atoms with Crippen LogP contribution >= 0.6 is 0 Å². The van der Waals surface area contributed by atoms with Crippen LogP contribution in [0.5, 0.6) is 0 Å². The number of hydrogen-bond donors (Lipinski definition) is 1. The number of aryl methyl sites for hydroxylation is 2. The maximum atomic E-state index is 12.6. The zero-order valence-electron chi connectivity index (χ0n) is 13.4. The van der Waals surface area contributed by atoms with Crippen LogP contribution in [0.3, 0.4) is 0 Å². The van der Waals surface area contributed by atoms with E-state index in [1.807, 2.05) is 32.0 Å². The highest BCUT2D eigenvalue weighted by Gasteiger charge is 2.12. The molecule has 2 aromatic heterocycles. The van der Waals surface area contributed by atoms with Gasteiger partial charge in [-0.1, -0.05) is 12.1 Å². The van der Waals surface area contributed by atoms with Gasteiger partial charge >= 0.3 is 0 Å². The minimum absolute atomic E-state index is 0.0358. The number of carbonyl (C=O) groups excluding carboxylic acids is 1. The maximum Gasteiger partial charge on any atom is 0.298 e. The first-order chi connectivity index (χ1) is 11.6. The molecule has 0 saturated heterocycles. The van der Waals surface area contributed by atoms with Crippen molar-refractivity contribution in [3.05, 3.63) is 82.2 Å². The van der Waals surface area contributed by atoms with Gasteiger partial charge in [-0.25, -0.2) is 4.98 Å². The Balaban J connectivity index is 1.95. The number of benzene rings is 1. The fourth-order valence-corrected chi connectivity index (χ4v) is 2.24. The van der Waals surface area contributed by atoms with Crippen LogP contribution in [0, 0.1) is 13.8 Å². The number of hydrogen-bond acceptors (Lipinski definition) is 4. The average molecular weight is 320 g/mol. The highest BCUT2D eigenvalue weighted by Crippen LogP contribution is 2.13. The van der Waals surface area contributed by atoms with Gasteiger partial charge in [0.2, 0.25) is 0 Å². The standard InChI is InChI=1S/C18H16N4O2/c1-12-6-7-14(11-13(12)2)22-10-9-20-16(18(22)24)21-17(23)15-5-3-4-8-19-15/h3-11H,1-2H3,(H,20,21,23). The largest absolute Gasteiger partial charge is 0.301 e. The van der Waals surface area contributed by atoms with Gasteiger partial charge in [0, 0.05) is 24.3 Å². The Morgan fingerprint density at radius 3 is 2.58 bits per heavy atom. The molecule has 0 saturated carbocycles. The summed E-state index contributed by atoms with van der Waals surface area (Å²) in [4.78, 5) is 32.7. The molecule has 0 fully saturated rings. The molecule has 24 heavy (non-hydrogen) atoms. The summed E-state index contributed by atoms with van der Waals surface area (Å²) in [7, 11) is 0. The molecule has 0 bridgehead atoms. The van der Waals surface area contributed by atoms with Gasteiger partial charge in [0.05, 0.1) is 0 Å². The van der Waals surface area contributed by atoms with Crippen molar-refractivity contribution in [1.82, 2.24) is 14.5 Å². The van der Waals surface area contributed by atoms with E-state index in [0.29, 0.717) is 0 Å². The second-order valence-corrected chi connectivity index (χ2v) is 5.39. The number of carbonyl (C=O) groups is 1. The van der Waals surface area contributed by atoms with Crippen LogP contribution in [0.1, 0.15) is 21.6 Å². The quantitative estimate of drug-likeness (QED) is 0.804. The molecular formula is C18H16N4O2. The lowest BCUT2D eigenvalue weighted by molar-refractivity contribution is 0.102. The fraction of sp³-hybridized carbons (Fsp3) is 0.111. The minimum atomic E-state index is -0.474. The molecule has 1 aromatic carbocycles. The molecule has 6 nitrogen and oxygen atoms in total. The molecular weight excluding hydrogens is 304 g/mol. The van der Waals surface area contributed by atoms with Crippen molar-refractivity contribution in [2.24, 2.45) is 0 Å². The van der Waals surface area contributed by atoms with Crippen LogP contribution in [0.2, 0.25) is 0 Å². The summed E-state index contributed by atoms with van der Waals surface area (Å²) in [6, 6.07) is 10.7. The van der Waals surface area contributed by atoms with Crippen LogP contribution in [0.25, 0.3) is 5.69 Å². The molecule has 3 aromatic rings. The van der Waals surface area contributed by atoms with E-state index in [1.165, 1.54) is 17.0 Å². The fourth-order valence-electron chi connectivity index (χ4n) is 2.24. The van der Waals surface area contributed by atoms with Crippen molar-refractivity contribution in [2.45, 2.75) is 13.8 Å². The predicted molar refractivity (Wildman–Crippen MR) is 91.5 cm³/mol. The number of nitrogens with one attached hydrogen (secondary N) is 1. The van der Waals surface area contributed by atoms with Crippen molar-refractivity contribution < 1.29 is 4.79 Å². The topological polar surface area (TPSA) is 76.9 Å². The van der Waals surface area contributed by atoms with Gasteiger partial charge in [-0.2, -0.15) is 0 Å². The molecule has 1 amide bonds. The van der Waals surface area contributed by atoms with E-state index in [9.17, 15) is 9.59 Å². The first-order valence-electron chi connectivity index (χ1n) is 7.44. The summed E-state index contributed by atoms with van der Waals surface area (Å²) in [6.45, 7) is 3.99. The Bertz CT molecular complexity index is 949. The number of rotatable bonds is 3. The smallest absolute Gasteiger partial charge is 0.298 e. The van der Waals surface area contributed by atoms with Crippen molar-refractivity contribution >= 4 is 11.7 Å². The zero-order chi connectivity index (χ0) is 17.1. The Labute approximate surface area is 138 Å². The molecule has 3 rings (SSSR count). The first-order valence-corrected chi connectivity index (χ1v) is 7.44. The second kappa shape index (κ2) is 6.45. The number of anilines is 1. The summed E-state index contributed by atoms with van der Waals surface area (Å²) in [6.07, 6.45) is 4.56. The number of amides is 1. The lowest BCUT2D eigenvalue weighted by atomic mass is 10.1. The third kappa shape index (κ3) is 3.08. The minimum Gasteiger partial charge on any atom is -0.301 e. The lowest BCUT2D eigenvalue weighted by Gasteiger charge is -2.10. The molecule has 120 valence electrons. The van der Waals surface area contributed by atoms with E-state index < -0.39 is 11.5 Å². The van der Waals surface area contributed by atoms with E-state index >= 15 is 0 Å². The van der Waals surface area contributed by atoms with Gasteiger partial charge in [-0.3, -0.25) is 19.1 Å². The van der Waals surface area contributed by atoms with Crippen LogP contribution in [-0.4, -0.2) is 20.4 Å². The van der Waals surface area contributed by atoms with E-state index in [-0.39, 0.29) is 11.5 Å². The monoisotopic (exact) mass is 320 g/mol. The predicted octanol–water partition coefficient (Wildman–Crippen LogP) is 2.50. The molecule has 1 N–H and O–H groups in total. The molecule has 0 spiro atoms. The summed E-state index contributed by atoms with van der Waals surface area (Å²) in [5.41, 5.74) is 2.77. The Hall–Kier alpha value is -3.28. The third-order valence-corrected chi connectivity index (χ3v) is 3.74. The van der Waals surface area contributed by atoms with E-state index in [0.717, 1.165) is 16.8 Å². The van der Waals surface area contributed by atoms with Gasteiger partial charge in [-0.15, -0.1) is 0 Å². The van der Waals surface area contributed by atoms with E-state index in [1.54, 1.807) is 24.4 Å². The summed E-state index contributed by atoms with van der Waals surface area (Å²) in [5.74, 6) is -0.510. The van der Waals surface area contributed by atoms with Crippen LogP contribution in [-0.2, 0) is 0 Å².